The molecule has 0 rings (SSSR count). The van der Waals surface area contributed by atoms with Crippen molar-refractivity contribution in [1.82, 2.24) is 0 Å². The van der Waals surface area contributed by atoms with Gasteiger partial charge in [0.15, 0.2) is 0 Å². The molecular weight excluding hydrogens is 86.1 g/mol. The second-order valence-electron chi connectivity index (χ2n) is 1.24. The Labute approximate surface area is 44.8 Å². The zero-order valence-corrected chi connectivity index (χ0v) is 4.89. The van der Waals surface area contributed by atoms with Gasteiger partial charge >= 0.3 is 0 Å². The number of aliphatic imine (C=N–C) groups is 1. The predicted octanol–water partition coefficient (Wildman–Crippen LogP) is 1.65. The first-order valence-corrected chi connectivity index (χ1v) is 2.49. The molecule has 0 aromatic rings. The van der Waals surface area contributed by atoms with Crippen molar-refractivity contribution < 1.29 is 0 Å². The van der Waals surface area contributed by atoms with Crippen LogP contribution in [0.1, 0.15) is 13.3 Å². The van der Waals surface area contributed by atoms with Gasteiger partial charge in [-0.05, 0) is 12.5 Å². The van der Waals surface area contributed by atoms with Crippen molar-refractivity contribution in [2.24, 2.45) is 4.99 Å². The average molecular weight is 97.2 g/mol. The number of nitrogens with zero attached hydrogens (tertiary/aromatic N) is 1. The lowest BCUT2D eigenvalue weighted by Crippen LogP contribution is -1.59. The molecule has 0 fully saturated rings. The molecule has 0 amide bonds. The van der Waals surface area contributed by atoms with Crippen LogP contribution in [0.5, 0.6) is 0 Å². The van der Waals surface area contributed by atoms with Gasteiger partial charge in [0.05, 0.1) is 0 Å². The van der Waals surface area contributed by atoms with Crippen LogP contribution in [0.3, 0.4) is 0 Å². The maximum atomic E-state index is 3.76. The molecule has 0 spiro atoms. The molecular formula is C6H11N. The van der Waals surface area contributed by atoms with Gasteiger partial charge in [-0.25, -0.2) is 0 Å². The summed E-state index contributed by atoms with van der Waals surface area (Å²) in [6.45, 7) is 2.10. The third-order valence-corrected chi connectivity index (χ3v) is 0.607. The van der Waals surface area contributed by atoms with E-state index in [1.54, 1.807) is 13.3 Å². The lowest BCUT2D eigenvalue weighted by atomic mass is 10.4. The molecule has 40 valence electrons. The van der Waals surface area contributed by atoms with E-state index < -0.39 is 0 Å². The summed E-state index contributed by atoms with van der Waals surface area (Å²) >= 11 is 0. The topological polar surface area (TPSA) is 12.4 Å². The van der Waals surface area contributed by atoms with Crippen LogP contribution in [-0.4, -0.2) is 13.3 Å². The summed E-state index contributed by atoms with van der Waals surface area (Å²) < 4.78 is 0. The van der Waals surface area contributed by atoms with Crippen LogP contribution >= 0.6 is 0 Å². The first kappa shape index (κ1) is 6.41. The molecule has 0 heterocycles. The minimum Gasteiger partial charge on any atom is -0.297 e. The second-order valence-corrected chi connectivity index (χ2v) is 1.24. The number of hydrogen-bond acceptors (Lipinski definition) is 1. The number of hydrogen-bond donors (Lipinski definition) is 0. The van der Waals surface area contributed by atoms with Crippen molar-refractivity contribution >= 4 is 6.21 Å². The monoisotopic (exact) mass is 97.1 g/mol. The Bertz CT molecular complexity index is 72.2. The van der Waals surface area contributed by atoms with Gasteiger partial charge in [-0.2, -0.15) is 0 Å². The Morgan fingerprint density at radius 1 is 1.57 bits per heavy atom. The molecule has 0 aliphatic rings. The van der Waals surface area contributed by atoms with Crippen LogP contribution in [-0.2, 0) is 0 Å². The van der Waals surface area contributed by atoms with E-state index in [-0.39, 0.29) is 0 Å². The minimum atomic E-state index is 1.09. The van der Waals surface area contributed by atoms with Crippen molar-refractivity contribution in [3.05, 3.63) is 12.2 Å². The molecule has 0 unspecified atom stereocenters. The fraction of sp³-hybridized carbons (Fsp3) is 0.500. The Morgan fingerprint density at radius 3 is 2.71 bits per heavy atom. The molecule has 1 heteroatoms. The Kier molecular flexibility index (Phi) is 4.95. The molecule has 0 saturated carbocycles. The van der Waals surface area contributed by atoms with E-state index in [2.05, 4.69) is 18.0 Å². The first-order valence-electron chi connectivity index (χ1n) is 2.49. The summed E-state index contributed by atoms with van der Waals surface area (Å²) in [4.78, 5) is 3.76. The van der Waals surface area contributed by atoms with Crippen molar-refractivity contribution in [1.29, 1.82) is 0 Å². The maximum absolute atomic E-state index is 3.76. The molecule has 0 saturated heterocycles. The normalized spacial score (nSPS) is 11.7. The van der Waals surface area contributed by atoms with E-state index in [9.17, 15) is 0 Å². The highest BCUT2D eigenvalue weighted by Gasteiger charge is 1.58. The molecule has 0 bridgehead atoms. The van der Waals surface area contributed by atoms with Crippen molar-refractivity contribution in [3.63, 3.8) is 0 Å². The highest BCUT2D eigenvalue weighted by molar-refractivity contribution is 5.70. The Morgan fingerprint density at radius 2 is 2.29 bits per heavy atom. The summed E-state index contributed by atoms with van der Waals surface area (Å²) in [6.07, 6.45) is 6.88. The predicted molar refractivity (Wildman–Crippen MR) is 33.8 cm³/mol. The molecule has 1 nitrogen and oxygen atoms in total. The summed E-state index contributed by atoms with van der Waals surface area (Å²) in [7, 11) is 1.76. The smallest absolute Gasteiger partial charge is 0.0277 e. The van der Waals surface area contributed by atoms with Crippen LogP contribution in [0.25, 0.3) is 0 Å². The number of rotatable bonds is 2. The van der Waals surface area contributed by atoms with Gasteiger partial charge in [0.25, 0.3) is 0 Å². The van der Waals surface area contributed by atoms with Gasteiger partial charge in [0.2, 0.25) is 0 Å². The van der Waals surface area contributed by atoms with E-state index in [1.807, 2.05) is 6.08 Å². The lowest BCUT2D eigenvalue weighted by molar-refractivity contribution is 1.23. The highest BCUT2D eigenvalue weighted by Crippen LogP contribution is 1.74. The van der Waals surface area contributed by atoms with E-state index in [1.165, 1.54) is 0 Å². The molecule has 0 aliphatic carbocycles. The molecule has 0 atom stereocenters. The summed E-state index contributed by atoms with van der Waals surface area (Å²) in [5.41, 5.74) is 0. The quantitative estimate of drug-likeness (QED) is 0.464. The van der Waals surface area contributed by atoms with Gasteiger partial charge in [0, 0.05) is 13.3 Å². The zero-order chi connectivity index (χ0) is 5.54. The first-order chi connectivity index (χ1) is 3.41. The second kappa shape index (κ2) is 5.41. The van der Waals surface area contributed by atoms with Gasteiger partial charge in [-0.15, -0.1) is 0 Å². The van der Waals surface area contributed by atoms with E-state index in [0.29, 0.717) is 0 Å². The maximum Gasteiger partial charge on any atom is 0.0277 e. The van der Waals surface area contributed by atoms with E-state index in [4.69, 9.17) is 0 Å². The van der Waals surface area contributed by atoms with Crippen LogP contribution in [0, 0.1) is 0 Å². The third-order valence-electron chi connectivity index (χ3n) is 0.607. The molecule has 0 aromatic carbocycles. The Hall–Kier alpha value is -0.590. The molecule has 0 aromatic heterocycles. The van der Waals surface area contributed by atoms with Crippen molar-refractivity contribution in [3.8, 4) is 0 Å². The SMILES string of the molecule is CCC=CC=NC. The van der Waals surface area contributed by atoms with E-state index in [0.717, 1.165) is 6.42 Å². The van der Waals surface area contributed by atoms with Gasteiger partial charge in [-0.1, -0.05) is 13.0 Å². The highest BCUT2D eigenvalue weighted by atomic mass is 14.6. The van der Waals surface area contributed by atoms with Crippen LogP contribution in [0.2, 0.25) is 0 Å². The third kappa shape index (κ3) is 5.41. The standard InChI is InChI=1S/C6H11N/c1-3-4-5-6-7-2/h4-6H,3H2,1-2H3. The van der Waals surface area contributed by atoms with Crippen LogP contribution < -0.4 is 0 Å². The van der Waals surface area contributed by atoms with E-state index >= 15 is 0 Å². The fourth-order valence-electron chi connectivity index (χ4n) is 0.283. The van der Waals surface area contributed by atoms with Crippen molar-refractivity contribution in [2.45, 2.75) is 13.3 Å². The molecule has 7 heavy (non-hydrogen) atoms. The zero-order valence-electron chi connectivity index (χ0n) is 4.89. The molecule has 0 aliphatic heterocycles. The van der Waals surface area contributed by atoms with Gasteiger partial charge in [-0.3, -0.25) is 4.99 Å². The lowest BCUT2D eigenvalue weighted by Gasteiger charge is -1.70. The minimum absolute atomic E-state index is 1.09. The largest absolute Gasteiger partial charge is 0.297 e. The fourth-order valence-corrected chi connectivity index (χ4v) is 0.283. The molecule has 0 N–H and O–H groups in total. The number of allylic oxidation sites excluding steroid dienone is 2. The van der Waals surface area contributed by atoms with Crippen LogP contribution in [0.4, 0.5) is 0 Å². The Balaban J connectivity index is 3.09. The van der Waals surface area contributed by atoms with Gasteiger partial charge in [0.1, 0.15) is 0 Å². The van der Waals surface area contributed by atoms with Crippen LogP contribution in [0.15, 0.2) is 17.1 Å². The molecule has 0 radical (unpaired) electrons. The summed E-state index contributed by atoms with van der Waals surface area (Å²) in [6, 6.07) is 0. The summed E-state index contributed by atoms with van der Waals surface area (Å²) in [5, 5.41) is 0. The van der Waals surface area contributed by atoms with Gasteiger partial charge < -0.3 is 0 Å². The summed E-state index contributed by atoms with van der Waals surface area (Å²) in [5.74, 6) is 0. The van der Waals surface area contributed by atoms with Crippen molar-refractivity contribution in [2.75, 3.05) is 7.05 Å². The average Bonchev–Trinajstić information content (AvgIpc) is 1.69.